The van der Waals surface area contributed by atoms with E-state index in [0.717, 1.165) is 41.8 Å². The summed E-state index contributed by atoms with van der Waals surface area (Å²) in [5.74, 6) is -2.49. The lowest BCUT2D eigenvalue weighted by atomic mass is 9.88. The van der Waals surface area contributed by atoms with Crippen molar-refractivity contribution in [3.63, 3.8) is 0 Å². The van der Waals surface area contributed by atoms with Crippen LogP contribution in [-0.4, -0.2) is 17.9 Å². The van der Waals surface area contributed by atoms with Crippen molar-refractivity contribution in [1.29, 1.82) is 0 Å². The number of ether oxygens (including phenoxy) is 1. The third-order valence-electron chi connectivity index (χ3n) is 4.56. The molecule has 0 radical (unpaired) electrons. The van der Waals surface area contributed by atoms with E-state index in [0.29, 0.717) is 22.5 Å². The molecular weight excluding hydrogens is 374 g/mol. The molecule has 1 aromatic carbocycles. The number of carbonyl (C=O) groups excluding carboxylic acids is 2. The Labute approximate surface area is 159 Å². The smallest absolute Gasteiger partial charge is 0.265 e. The van der Waals surface area contributed by atoms with E-state index >= 15 is 0 Å². The van der Waals surface area contributed by atoms with Crippen molar-refractivity contribution in [2.24, 2.45) is 11.7 Å². The Morgan fingerprint density at radius 2 is 2.11 bits per heavy atom. The molecule has 1 aromatic heterocycles. The van der Waals surface area contributed by atoms with Crippen LogP contribution in [0.1, 0.15) is 41.1 Å². The SMILES string of the molecule is C[C@H]1CCc2c(sc(NC(=O)[C@H](C)Oc3ccc(F)cc3F)c2C(N)=O)C1. The summed E-state index contributed by atoms with van der Waals surface area (Å²) in [5.41, 5.74) is 6.77. The van der Waals surface area contributed by atoms with Crippen LogP contribution in [0.5, 0.6) is 5.75 Å². The number of hydrogen-bond donors (Lipinski definition) is 2. The number of nitrogens with one attached hydrogen (secondary N) is 1. The number of amides is 2. The minimum absolute atomic E-state index is 0.228. The molecule has 2 aromatic rings. The van der Waals surface area contributed by atoms with Gasteiger partial charge in [0.15, 0.2) is 17.7 Å². The average molecular weight is 394 g/mol. The minimum Gasteiger partial charge on any atom is -0.478 e. The number of rotatable bonds is 5. The van der Waals surface area contributed by atoms with Crippen molar-refractivity contribution in [2.75, 3.05) is 5.32 Å². The fourth-order valence-electron chi connectivity index (χ4n) is 3.13. The van der Waals surface area contributed by atoms with Gasteiger partial charge in [-0.15, -0.1) is 11.3 Å². The molecule has 0 saturated carbocycles. The van der Waals surface area contributed by atoms with Crippen LogP contribution in [0.2, 0.25) is 0 Å². The van der Waals surface area contributed by atoms with Crippen LogP contribution >= 0.6 is 11.3 Å². The highest BCUT2D eigenvalue weighted by atomic mass is 32.1. The van der Waals surface area contributed by atoms with Crippen molar-refractivity contribution < 1.29 is 23.1 Å². The molecule has 0 unspecified atom stereocenters. The predicted octanol–water partition coefficient (Wildman–Crippen LogP) is 3.66. The fraction of sp³-hybridized carbons (Fsp3) is 0.368. The van der Waals surface area contributed by atoms with Crippen molar-refractivity contribution >= 4 is 28.2 Å². The van der Waals surface area contributed by atoms with Crippen molar-refractivity contribution in [3.8, 4) is 5.75 Å². The summed E-state index contributed by atoms with van der Waals surface area (Å²) in [4.78, 5) is 25.4. The van der Waals surface area contributed by atoms with E-state index in [-0.39, 0.29) is 5.75 Å². The Balaban J connectivity index is 1.78. The molecule has 1 heterocycles. The standard InChI is InChI=1S/C19H20F2N2O3S/c1-9-3-5-12-15(7-9)27-19(16(12)17(22)24)23-18(25)10(2)26-14-6-4-11(20)8-13(14)21/h4,6,8-10H,3,5,7H2,1-2H3,(H2,22,24)(H,23,25)/t9-,10-/m0/s1. The van der Waals surface area contributed by atoms with Gasteiger partial charge in [-0.05, 0) is 49.8 Å². The zero-order valence-electron chi connectivity index (χ0n) is 15.0. The second-order valence-corrected chi connectivity index (χ2v) is 7.85. The molecule has 1 aliphatic rings. The topological polar surface area (TPSA) is 81.4 Å². The lowest BCUT2D eigenvalue weighted by Crippen LogP contribution is -2.31. The Morgan fingerprint density at radius 3 is 2.78 bits per heavy atom. The minimum atomic E-state index is -1.05. The highest BCUT2D eigenvalue weighted by molar-refractivity contribution is 7.17. The number of halogens is 2. The van der Waals surface area contributed by atoms with Gasteiger partial charge in [-0.25, -0.2) is 8.78 Å². The monoisotopic (exact) mass is 394 g/mol. The molecule has 0 aliphatic heterocycles. The van der Waals surface area contributed by atoms with E-state index in [1.165, 1.54) is 18.3 Å². The molecule has 0 saturated heterocycles. The molecule has 0 fully saturated rings. The second kappa shape index (κ2) is 7.64. The summed E-state index contributed by atoms with van der Waals surface area (Å²) < 4.78 is 32.0. The summed E-state index contributed by atoms with van der Waals surface area (Å²) in [6, 6.07) is 2.84. The van der Waals surface area contributed by atoms with E-state index in [1.54, 1.807) is 0 Å². The summed E-state index contributed by atoms with van der Waals surface area (Å²) in [6.45, 7) is 3.58. The van der Waals surface area contributed by atoms with Gasteiger partial charge in [-0.2, -0.15) is 0 Å². The molecular formula is C19H20F2N2O3S. The lowest BCUT2D eigenvalue weighted by molar-refractivity contribution is -0.122. The van der Waals surface area contributed by atoms with Gasteiger partial charge in [0, 0.05) is 10.9 Å². The summed E-state index contributed by atoms with van der Waals surface area (Å²) in [7, 11) is 0. The highest BCUT2D eigenvalue weighted by Gasteiger charge is 2.28. The van der Waals surface area contributed by atoms with Gasteiger partial charge in [0.25, 0.3) is 11.8 Å². The number of benzene rings is 1. The third-order valence-corrected chi connectivity index (χ3v) is 5.73. The Kier molecular flexibility index (Phi) is 5.46. The van der Waals surface area contributed by atoms with Gasteiger partial charge in [0.1, 0.15) is 10.8 Å². The summed E-state index contributed by atoms with van der Waals surface area (Å²) in [5, 5.41) is 3.06. The van der Waals surface area contributed by atoms with Gasteiger partial charge in [0.2, 0.25) is 0 Å². The molecule has 144 valence electrons. The fourth-order valence-corrected chi connectivity index (χ4v) is 4.55. The van der Waals surface area contributed by atoms with E-state index in [9.17, 15) is 18.4 Å². The van der Waals surface area contributed by atoms with Crippen LogP contribution in [-0.2, 0) is 17.6 Å². The number of primary amides is 1. The molecule has 2 atom stereocenters. The lowest BCUT2D eigenvalue weighted by Gasteiger charge is -2.18. The zero-order valence-corrected chi connectivity index (χ0v) is 15.8. The van der Waals surface area contributed by atoms with E-state index in [1.807, 2.05) is 0 Å². The van der Waals surface area contributed by atoms with Gasteiger partial charge < -0.3 is 15.8 Å². The maximum atomic E-state index is 13.7. The molecule has 5 nitrogen and oxygen atoms in total. The maximum Gasteiger partial charge on any atom is 0.265 e. The number of carbonyl (C=O) groups is 2. The third kappa shape index (κ3) is 4.10. The van der Waals surface area contributed by atoms with Crippen LogP contribution in [0.3, 0.4) is 0 Å². The summed E-state index contributed by atoms with van der Waals surface area (Å²) in [6.07, 6.45) is 1.49. The molecule has 1 aliphatic carbocycles. The van der Waals surface area contributed by atoms with Crippen LogP contribution in [0.25, 0.3) is 0 Å². The first-order valence-electron chi connectivity index (χ1n) is 8.63. The largest absolute Gasteiger partial charge is 0.478 e. The molecule has 27 heavy (non-hydrogen) atoms. The van der Waals surface area contributed by atoms with Crippen LogP contribution in [0.4, 0.5) is 13.8 Å². The zero-order chi connectivity index (χ0) is 19.7. The predicted molar refractivity (Wildman–Crippen MR) is 99.1 cm³/mol. The van der Waals surface area contributed by atoms with E-state index in [2.05, 4.69) is 12.2 Å². The number of thiophene rings is 1. The van der Waals surface area contributed by atoms with Crippen molar-refractivity contribution in [2.45, 2.75) is 39.2 Å². The number of fused-ring (bicyclic) bond motifs is 1. The highest BCUT2D eigenvalue weighted by Crippen LogP contribution is 2.39. The number of nitrogens with two attached hydrogens (primary N) is 1. The molecule has 3 N–H and O–H groups in total. The van der Waals surface area contributed by atoms with Crippen molar-refractivity contribution in [1.82, 2.24) is 0 Å². The number of hydrogen-bond acceptors (Lipinski definition) is 4. The maximum absolute atomic E-state index is 13.7. The second-order valence-electron chi connectivity index (χ2n) is 6.74. The normalized spacial score (nSPS) is 17.1. The van der Waals surface area contributed by atoms with Gasteiger partial charge >= 0.3 is 0 Å². The van der Waals surface area contributed by atoms with Crippen LogP contribution in [0, 0.1) is 17.6 Å². The Hall–Kier alpha value is -2.48. The molecule has 0 spiro atoms. The Morgan fingerprint density at radius 1 is 1.37 bits per heavy atom. The van der Waals surface area contributed by atoms with E-state index < -0.39 is 29.6 Å². The van der Waals surface area contributed by atoms with Gasteiger partial charge in [0.05, 0.1) is 5.56 Å². The quantitative estimate of drug-likeness (QED) is 0.812. The molecule has 0 bridgehead atoms. The van der Waals surface area contributed by atoms with Crippen LogP contribution < -0.4 is 15.8 Å². The molecule has 3 rings (SSSR count). The first-order chi connectivity index (χ1) is 12.8. The first-order valence-corrected chi connectivity index (χ1v) is 9.44. The average Bonchev–Trinajstić information content (AvgIpc) is 2.94. The van der Waals surface area contributed by atoms with E-state index in [4.69, 9.17) is 10.5 Å². The van der Waals surface area contributed by atoms with Gasteiger partial charge in [-0.1, -0.05) is 6.92 Å². The molecule has 8 heteroatoms. The Bertz CT molecular complexity index is 897. The summed E-state index contributed by atoms with van der Waals surface area (Å²) >= 11 is 1.34. The number of anilines is 1. The van der Waals surface area contributed by atoms with Crippen LogP contribution in [0.15, 0.2) is 18.2 Å². The van der Waals surface area contributed by atoms with Gasteiger partial charge in [-0.3, -0.25) is 9.59 Å². The molecule has 2 amide bonds. The first kappa shape index (κ1) is 19.3. The van der Waals surface area contributed by atoms with Crippen molar-refractivity contribution in [3.05, 3.63) is 45.8 Å².